The molecule has 0 heterocycles. The third-order valence-corrected chi connectivity index (χ3v) is 4.60. The smallest absolute Gasteiger partial charge is 0.251 e. The topological polar surface area (TPSA) is 29.1 Å². The molecule has 1 rings (SSSR count). The first-order valence-electron chi connectivity index (χ1n) is 7.09. The molecule has 0 unspecified atom stereocenters. The summed E-state index contributed by atoms with van der Waals surface area (Å²) in [6.07, 6.45) is 4.81. The zero-order valence-electron chi connectivity index (χ0n) is 12.4. The van der Waals surface area contributed by atoms with Crippen LogP contribution in [0.15, 0.2) is 22.7 Å². The van der Waals surface area contributed by atoms with Crippen LogP contribution in [0.5, 0.6) is 0 Å². The Kier molecular flexibility index (Phi) is 7.04. The summed E-state index contributed by atoms with van der Waals surface area (Å²) in [6.45, 7) is 7.27. The monoisotopic (exact) mass is 359 g/mol. The number of carbonyl (C=O) groups is 1. The third-order valence-electron chi connectivity index (χ3n) is 3.37. The number of rotatable bonds is 7. The highest BCUT2D eigenvalue weighted by Gasteiger charge is 2.19. The standard InChI is InChI=1S/C16H23BrClNO/c1-4-5-6-9-16(2,3)11-19-15(20)12-7-8-13(17)14(18)10-12/h7-8,10H,4-6,9,11H2,1-3H3,(H,19,20). The summed E-state index contributed by atoms with van der Waals surface area (Å²) >= 11 is 9.33. The molecule has 1 N–H and O–H groups in total. The minimum Gasteiger partial charge on any atom is -0.352 e. The van der Waals surface area contributed by atoms with Crippen molar-refractivity contribution in [2.45, 2.75) is 46.5 Å². The van der Waals surface area contributed by atoms with Crippen LogP contribution in [0.2, 0.25) is 5.02 Å². The molecule has 0 saturated carbocycles. The lowest BCUT2D eigenvalue weighted by atomic mass is 9.87. The highest BCUT2D eigenvalue weighted by Crippen LogP contribution is 2.24. The van der Waals surface area contributed by atoms with Gasteiger partial charge in [-0.15, -0.1) is 0 Å². The van der Waals surface area contributed by atoms with Crippen molar-refractivity contribution in [1.82, 2.24) is 5.32 Å². The van der Waals surface area contributed by atoms with Crippen molar-refractivity contribution in [2.24, 2.45) is 5.41 Å². The van der Waals surface area contributed by atoms with Crippen LogP contribution in [-0.4, -0.2) is 12.5 Å². The van der Waals surface area contributed by atoms with Gasteiger partial charge in [-0.05, 0) is 46.0 Å². The average molecular weight is 361 g/mol. The van der Waals surface area contributed by atoms with Gasteiger partial charge in [0.2, 0.25) is 0 Å². The molecule has 20 heavy (non-hydrogen) atoms. The minimum atomic E-state index is -0.0667. The quantitative estimate of drug-likeness (QED) is 0.645. The Morgan fingerprint density at radius 1 is 1.35 bits per heavy atom. The van der Waals surface area contributed by atoms with Crippen LogP contribution in [-0.2, 0) is 0 Å². The Bertz CT molecular complexity index is 460. The Balaban J connectivity index is 2.51. The van der Waals surface area contributed by atoms with Crippen molar-refractivity contribution in [2.75, 3.05) is 6.54 Å². The molecule has 0 saturated heterocycles. The first-order chi connectivity index (χ1) is 9.35. The SMILES string of the molecule is CCCCCC(C)(C)CNC(=O)c1ccc(Br)c(Cl)c1. The van der Waals surface area contributed by atoms with Crippen molar-refractivity contribution in [3.8, 4) is 0 Å². The molecule has 1 amide bonds. The summed E-state index contributed by atoms with van der Waals surface area (Å²) in [7, 11) is 0. The lowest BCUT2D eigenvalue weighted by Gasteiger charge is -2.25. The summed E-state index contributed by atoms with van der Waals surface area (Å²) in [6, 6.07) is 5.25. The van der Waals surface area contributed by atoms with Gasteiger partial charge in [-0.2, -0.15) is 0 Å². The molecule has 0 spiro atoms. The number of nitrogens with one attached hydrogen (secondary N) is 1. The van der Waals surface area contributed by atoms with Gasteiger partial charge in [0.25, 0.3) is 5.91 Å². The molecule has 112 valence electrons. The maximum absolute atomic E-state index is 12.1. The zero-order chi connectivity index (χ0) is 15.2. The van der Waals surface area contributed by atoms with E-state index >= 15 is 0 Å². The molecule has 0 bridgehead atoms. The molecule has 0 aliphatic carbocycles. The number of amides is 1. The van der Waals surface area contributed by atoms with E-state index < -0.39 is 0 Å². The Labute approximate surface area is 135 Å². The van der Waals surface area contributed by atoms with Crippen molar-refractivity contribution in [3.63, 3.8) is 0 Å². The Morgan fingerprint density at radius 3 is 2.65 bits per heavy atom. The largest absolute Gasteiger partial charge is 0.352 e. The van der Waals surface area contributed by atoms with Crippen LogP contribution >= 0.6 is 27.5 Å². The van der Waals surface area contributed by atoms with Crippen LogP contribution in [0.25, 0.3) is 0 Å². The van der Waals surface area contributed by atoms with E-state index in [-0.39, 0.29) is 11.3 Å². The highest BCUT2D eigenvalue weighted by atomic mass is 79.9. The van der Waals surface area contributed by atoms with E-state index in [4.69, 9.17) is 11.6 Å². The van der Waals surface area contributed by atoms with Crippen LogP contribution in [0, 0.1) is 5.41 Å². The average Bonchev–Trinajstić information content (AvgIpc) is 2.39. The van der Waals surface area contributed by atoms with E-state index in [0.29, 0.717) is 17.1 Å². The lowest BCUT2D eigenvalue weighted by molar-refractivity contribution is 0.0934. The molecule has 2 nitrogen and oxygen atoms in total. The van der Waals surface area contributed by atoms with Crippen molar-refractivity contribution < 1.29 is 4.79 Å². The van der Waals surface area contributed by atoms with Crippen molar-refractivity contribution in [3.05, 3.63) is 33.3 Å². The number of unbranched alkanes of at least 4 members (excludes halogenated alkanes) is 2. The molecule has 0 radical (unpaired) electrons. The first kappa shape index (κ1) is 17.5. The minimum absolute atomic E-state index is 0.0667. The maximum Gasteiger partial charge on any atom is 0.251 e. The number of halogens is 2. The summed E-state index contributed by atoms with van der Waals surface area (Å²) in [5, 5.41) is 3.56. The van der Waals surface area contributed by atoms with Gasteiger partial charge in [-0.1, -0.05) is 51.6 Å². The third kappa shape index (κ3) is 5.84. The highest BCUT2D eigenvalue weighted by molar-refractivity contribution is 9.10. The van der Waals surface area contributed by atoms with Crippen molar-refractivity contribution in [1.29, 1.82) is 0 Å². The van der Waals surface area contributed by atoms with Gasteiger partial charge < -0.3 is 5.32 Å². The number of carbonyl (C=O) groups excluding carboxylic acids is 1. The Hall–Kier alpha value is -0.540. The second-order valence-electron chi connectivity index (χ2n) is 5.93. The molecule has 0 aromatic heterocycles. The number of hydrogen-bond acceptors (Lipinski definition) is 1. The molecule has 4 heteroatoms. The van der Waals surface area contributed by atoms with E-state index in [1.165, 1.54) is 19.3 Å². The molecular weight excluding hydrogens is 338 g/mol. The first-order valence-corrected chi connectivity index (χ1v) is 8.26. The van der Waals surface area contributed by atoms with Gasteiger partial charge >= 0.3 is 0 Å². The van der Waals surface area contributed by atoms with E-state index in [1.807, 2.05) is 0 Å². The van der Waals surface area contributed by atoms with E-state index in [9.17, 15) is 4.79 Å². The van der Waals surface area contributed by atoms with E-state index in [0.717, 1.165) is 10.9 Å². The number of benzene rings is 1. The second kappa shape index (κ2) is 8.04. The molecular formula is C16H23BrClNO. The van der Waals surface area contributed by atoms with Gasteiger partial charge in [0.15, 0.2) is 0 Å². The fourth-order valence-electron chi connectivity index (χ4n) is 2.00. The maximum atomic E-state index is 12.1. The molecule has 1 aromatic carbocycles. The fourth-order valence-corrected chi connectivity index (χ4v) is 2.43. The summed E-state index contributed by atoms with van der Waals surface area (Å²) in [5.74, 6) is -0.0667. The van der Waals surface area contributed by atoms with Crippen LogP contribution in [0.4, 0.5) is 0 Å². The second-order valence-corrected chi connectivity index (χ2v) is 7.19. The molecule has 0 aliphatic heterocycles. The van der Waals surface area contributed by atoms with Gasteiger partial charge in [0.05, 0.1) is 5.02 Å². The molecule has 0 fully saturated rings. The summed E-state index contributed by atoms with van der Waals surface area (Å²) in [5.41, 5.74) is 0.729. The normalized spacial score (nSPS) is 11.4. The number of hydrogen-bond donors (Lipinski definition) is 1. The molecule has 0 atom stereocenters. The molecule has 1 aromatic rings. The van der Waals surface area contributed by atoms with E-state index in [1.54, 1.807) is 18.2 Å². The molecule has 0 aliphatic rings. The predicted octanol–water partition coefficient (Wildman–Crippen LogP) is 5.44. The van der Waals surface area contributed by atoms with Crippen molar-refractivity contribution >= 4 is 33.4 Å². The summed E-state index contributed by atoms with van der Waals surface area (Å²) in [4.78, 5) is 12.1. The van der Waals surface area contributed by atoms with Gasteiger partial charge in [-0.25, -0.2) is 0 Å². The lowest BCUT2D eigenvalue weighted by Crippen LogP contribution is -2.34. The Morgan fingerprint density at radius 2 is 2.05 bits per heavy atom. The van der Waals surface area contributed by atoms with Gasteiger partial charge in [0, 0.05) is 16.6 Å². The van der Waals surface area contributed by atoms with Crippen LogP contribution in [0.1, 0.15) is 56.8 Å². The fraction of sp³-hybridized carbons (Fsp3) is 0.562. The van der Waals surface area contributed by atoms with Crippen LogP contribution < -0.4 is 5.32 Å². The van der Waals surface area contributed by atoms with Gasteiger partial charge in [-0.3, -0.25) is 4.79 Å². The summed E-state index contributed by atoms with van der Waals surface area (Å²) < 4.78 is 0.801. The van der Waals surface area contributed by atoms with Gasteiger partial charge in [0.1, 0.15) is 0 Å². The zero-order valence-corrected chi connectivity index (χ0v) is 14.8. The van der Waals surface area contributed by atoms with Crippen LogP contribution in [0.3, 0.4) is 0 Å². The van der Waals surface area contributed by atoms with E-state index in [2.05, 4.69) is 42.0 Å². The predicted molar refractivity (Wildman–Crippen MR) is 89.4 cm³/mol.